The van der Waals surface area contributed by atoms with Gasteiger partial charge >= 0.3 is 0 Å². The number of ether oxygens (including phenoxy) is 2. The van der Waals surface area contributed by atoms with Crippen molar-refractivity contribution < 1.29 is 14.6 Å². The summed E-state index contributed by atoms with van der Waals surface area (Å²) in [5.41, 5.74) is 1.09. The predicted octanol–water partition coefficient (Wildman–Crippen LogP) is 1.40. The van der Waals surface area contributed by atoms with Crippen LogP contribution in [0.5, 0.6) is 5.75 Å². The fourth-order valence-electron chi connectivity index (χ4n) is 3.34. The summed E-state index contributed by atoms with van der Waals surface area (Å²) >= 11 is 6.11. The number of likely N-dealkylation sites (tertiary alicyclic amines) is 1. The van der Waals surface area contributed by atoms with Crippen molar-refractivity contribution in [1.82, 2.24) is 9.80 Å². The maximum Gasteiger partial charge on any atom is 0.138 e. The number of likely N-dealkylation sites (N-methyl/N-ethyl adjacent to an activating group) is 1. The van der Waals surface area contributed by atoms with Gasteiger partial charge in [0.1, 0.15) is 18.5 Å². The number of aryl methyl sites for hydroxylation is 1. The zero-order valence-corrected chi connectivity index (χ0v) is 14.5. The molecule has 0 unspecified atom stereocenters. The van der Waals surface area contributed by atoms with Crippen molar-refractivity contribution in [3.05, 3.63) is 28.8 Å². The Bertz CT molecular complexity index is 543. The number of hydrogen-bond acceptors (Lipinski definition) is 5. The number of benzene rings is 1. The molecule has 0 spiro atoms. The van der Waals surface area contributed by atoms with Gasteiger partial charge in [0.05, 0.1) is 17.7 Å². The fourth-order valence-corrected chi connectivity index (χ4v) is 3.51. The molecule has 0 saturated carbocycles. The number of hydrogen-bond donors (Lipinski definition) is 1. The first-order valence-corrected chi connectivity index (χ1v) is 8.52. The van der Waals surface area contributed by atoms with E-state index in [9.17, 15) is 5.11 Å². The van der Waals surface area contributed by atoms with Crippen LogP contribution in [0.2, 0.25) is 5.02 Å². The summed E-state index contributed by atoms with van der Waals surface area (Å²) in [4.78, 5) is 4.60. The van der Waals surface area contributed by atoms with Crippen LogP contribution in [0.1, 0.15) is 5.56 Å². The summed E-state index contributed by atoms with van der Waals surface area (Å²) in [7, 11) is 2.14. The van der Waals surface area contributed by atoms with Gasteiger partial charge in [0, 0.05) is 32.2 Å². The lowest BCUT2D eigenvalue weighted by Gasteiger charge is -2.33. The second-order valence-electron chi connectivity index (χ2n) is 6.57. The highest BCUT2D eigenvalue weighted by Gasteiger charge is 2.38. The van der Waals surface area contributed by atoms with Crippen LogP contribution in [0.25, 0.3) is 0 Å². The highest BCUT2D eigenvalue weighted by Crippen LogP contribution is 2.26. The first kappa shape index (κ1) is 17.0. The minimum atomic E-state index is -0.544. The third kappa shape index (κ3) is 4.17. The third-order valence-electron chi connectivity index (χ3n) is 4.64. The van der Waals surface area contributed by atoms with Crippen molar-refractivity contribution in [3.8, 4) is 5.75 Å². The van der Waals surface area contributed by atoms with E-state index in [2.05, 4.69) is 16.8 Å². The molecule has 1 N–H and O–H groups in total. The predicted molar refractivity (Wildman–Crippen MR) is 90.3 cm³/mol. The summed E-state index contributed by atoms with van der Waals surface area (Å²) in [6.07, 6.45) is -0.287. The van der Waals surface area contributed by atoms with Crippen molar-refractivity contribution in [2.45, 2.75) is 25.2 Å². The Hall–Kier alpha value is -0.850. The Kier molecular flexibility index (Phi) is 5.44. The molecule has 0 amide bonds. The van der Waals surface area contributed by atoms with Crippen LogP contribution in [0.3, 0.4) is 0 Å². The number of rotatable bonds is 5. The van der Waals surface area contributed by atoms with Gasteiger partial charge in [-0.25, -0.2) is 0 Å². The minimum Gasteiger partial charge on any atom is -0.489 e. The van der Waals surface area contributed by atoms with E-state index in [0.717, 1.165) is 31.8 Å². The Morgan fingerprint density at radius 2 is 2.26 bits per heavy atom. The van der Waals surface area contributed by atoms with Gasteiger partial charge in [-0.05, 0) is 31.7 Å². The van der Waals surface area contributed by atoms with Crippen molar-refractivity contribution in [1.29, 1.82) is 0 Å². The average Bonchev–Trinajstić information content (AvgIpc) is 2.92. The van der Waals surface area contributed by atoms with E-state index in [1.807, 2.05) is 25.1 Å². The van der Waals surface area contributed by atoms with Gasteiger partial charge in [-0.2, -0.15) is 0 Å². The lowest BCUT2D eigenvalue weighted by atomic mass is 10.1. The molecule has 23 heavy (non-hydrogen) atoms. The fraction of sp³-hybridized carbons (Fsp3) is 0.647. The average molecular weight is 341 g/mol. The first-order valence-electron chi connectivity index (χ1n) is 8.14. The van der Waals surface area contributed by atoms with Gasteiger partial charge in [-0.15, -0.1) is 0 Å². The summed E-state index contributed by atoms with van der Waals surface area (Å²) in [6, 6.07) is 6.08. The monoisotopic (exact) mass is 340 g/mol. The van der Waals surface area contributed by atoms with Gasteiger partial charge in [0.15, 0.2) is 0 Å². The van der Waals surface area contributed by atoms with E-state index in [-0.39, 0.29) is 12.7 Å². The molecule has 0 bridgehead atoms. The molecular formula is C17H25ClN2O3. The maximum absolute atomic E-state index is 10.3. The second kappa shape index (κ2) is 7.36. The molecule has 2 aliphatic rings. The number of aliphatic hydroxyl groups excluding tert-OH is 1. The molecule has 3 rings (SSSR count). The molecule has 1 aromatic carbocycles. The molecule has 2 heterocycles. The van der Waals surface area contributed by atoms with Gasteiger partial charge in [-0.3, -0.25) is 9.80 Å². The van der Waals surface area contributed by atoms with E-state index in [1.165, 1.54) is 0 Å². The molecule has 0 aliphatic carbocycles. The van der Waals surface area contributed by atoms with Crippen molar-refractivity contribution in [2.24, 2.45) is 0 Å². The number of halogens is 1. The Balaban J connectivity index is 1.48. The lowest BCUT2D eigenvalue weighted by Crippen LogP contribution is -2.48. The molecule has 3 atom stereocenters. The summed E-state index contributed by atoms with van der Waals surface area (Å²) in [5.74, 6) is 0.629. The zero-order valence-electron chi connectivity index (χ0n) is 13.7. The number of morpholine rings is 1. The zero-order chi connectivity index (χ0) is 16.4. The Morgan fingerprint density at radius 3 is 3.04 bits per heavy atom. The topological polar surface area (TPSA) is 45.2 Å². The van der Waals surface area contributed by atoms with Crippen LogP contribution in [0.15, 0.2) is 18.2 Å². The maximum atomic E-state index is 10.3. The Morgan fingerprint density at radius 1 is 1.43 bits per heavy atom. The van der Waals surface area contributed by atoms with Crippen LogP contribution in [-0.4, -0.2) is 79.6 Å². The molecule has 2 aliphatic heterocycles. The van der Waals surface area contributed by atoms with E-state index >= 15 is 0 Å². The van der Waals surface area contributed by atoms with Gasteiger partial charge in [0.2, 0.25) is 0 Å². The summed E-state index contributed by atoms with van der Waals surface area (Å²) < 4.78 is 11.5. The molecule has 0 aromatic heterocycles. The summed E-state index contributed by atoms with van der Waals surface area (Å²) in [5, 5.41) is 10.8. The van der Waals surface area contributed by atoms with Gasteiger partial charge in [-0.1, -0.05) is 17.7 Å². The van der Waals surface area contributed by atoms with Crippen molar-refractivity contribution in [2.75, 3.05) is 46.4 Å². The van der Waals surface area contributed by atoms with Gasteiger partial charge < -0.3 is 14.6 Å². The first-order chi connectivity index (χ1) is 11.0. The molecule has 5 nitrogen and oxygen atoms in total. The summed E-state index contributed by atoms with van der Waals surface area (Å²) in [6.45, 7) is 6.40. The standard InChI is InChI=1S/C17H25ClN2O3/c1-12-3-4-14(18)16(7-12)23-11-13(21)8-20-9-15-17(10-20)22-6-5-19(15)2/h3-4,7,13,15,17,21H,5-6,8-11H2,1-2H3/t13-,15-,17+/m1/s1. The van der Waals surface area contributed by atoms with Crippen LogP contribution in [-0.2, 0) is 4.74 Å². The van der Waals surface area contributed by atoms with Crippen LogP contribution in [0.4, 0.5) is 0 Å². The van der Waals surface area contributed by atoms with E-state index in [4.69, 9.17) is 21.1 Å². The van der Waals surface area contributed by atoms with Crippen molar-refractivity contribution >= 4 is 11.6 Å². The van der Waals surface area contributed by atoms with E-state index in [0.29, 0.717) is 23.4 Å². The quantitative estimate of drug-likeness (QED) is 0.878. The third-order valence-corrected chi connectivity index (χ3v) is 4.95. The van der Waals surface area contributed by atoms with Crippen LogP contribution in [0, 0.1) is 6.92 Å². The Labute approximate surface area is 142 Å². The molecule has 1 aromatic rings. The SMILES string of the molecule is Cc1ccc(Cl)c(OC[C@H](O)CN2C[C@@H]3OCCN(C)[C@@H]3C2)c1. The van der Waals surface area contributed by atoms with Gasteiger partial charge in [0.25, 0.3) is 0 Å². The molecule has 6 heteroatoms. The normalized spacial score (nSPS) is 27.0. The molecule has 2 fully saturated rings. The molecule has 0 radical (unpaired) electrons. The highest BCUT2D eigenvalue weighted by molar-refractivity contribution is 6.32. The van der Waals surface area contributed by atoms with Crippen LogP contribution >= 0.6 is 11.6 Å². The largest absolute Gasteiger partial charge is 0.489 e. The highest BCUT2D eigenvalue weighted by atomic mass is 35.5. The molecular weight excluding hydrogens is 316 g/mol. The molecule has 128 valence electrons. The van der Waals surface area contributed by atoms with Crippen LogP contribution < -0.4 is 4.74 Å². The van der Waals surface area contributed by atoms with Crippen molar-refractivity contribution in [3.63, 3.8) is 0 Å². The smallest absolute Gasteiger partial charge is 0.138 e. The number of aliphatic hydroxyl groups is 1. The molecule has 2 saturated heterocycles. The van der Waals surface area contributed by atoms with E-state index in [1.54, 1.807) is 0 Å². The second-order valence-corrected chi connectivity index (χ2v) is 6.98. The number of nitrogens with zero attached hydrogens (tertiary/aromatic N) is 2. The lowest BCUT2D eigenvalue weighted by molar-refractivity contribution is -0.0372. The minimum absolute atomic E-state index is 0.242. The number of β-amino-alcohol motifs (C(OH)–C–C–N with tert-alkyl or cyclic N) is 1. The number of fused-ring (bicyclic) bond motifs is 1. The van der Waals surface area contributed by atoms with E-state index < -0.39 is 6.10 Å².